The molecule has 90 valence electrons. The molecule has 3 amide bonds. The van der Waals surface area contributed by atoms with E-state index >= 15 is 0 Å². The molecular weight excluding hydrogens is 212 g/mol. The third-order valence-corrected chi connectivity index (χ3v) is 2.76. The molecule has 1 saturated heterocycles. The Bertz CT molecular complexity index is 358. The molecule has 1 fully saturated rings. The largest absolute Gasteiger partial charge is 0.481 e. The van der Waals surface area contributed by atoms with Gasteiger partial charge < -0.3 is 10.4 Å². The molecular formula is C10H16N2O4. The van der Waals surface area contributed by atoms with E-state index in [1.807, 2.05) is 0 Å². The molecule has 1 aliphatic rings. The van der Waals surface area contributed by atoms with Gasteiger partial charge >= 0.3 is 12.0 Å². The van der Waals surface area contributed by atoms with Gasteiger partial charge in [-0.2, -0.15) is 0 Å². The van der Waals surface area contributed by atoms with Crippen LogP contribution in [0.25, 0.3) is 0 Å². The van der Waals surface area contributed by atoms with Gasteiger partial charge in [-0.1, -0.05) is 20.8 Å². The Kier molecular flexibility index (Phi) is 2.70. The predicted molar refractivity (Wildman–Crippen MR) is 55.7 cm³/mol. The molecule has 2 atom stereocenters. The standard InChI is InChI=1S/C10H16N2O4/c1-9(2,3)5(6(13)14)10(4)7(15)11-8(16)12-10/h5H,1-4H3,(H,13,14)(H2,11,12,15,16). The minimum absolute atomic E-state index is 0.597. The van der Waals surface area contributed by atoms with E-state index in [0.717, 1.165) is 0 Å². The van der Waals surface area contributed by atoms with Gasteiger partial charge in [-0.25, -0.2) is 4.79 Å². The zero-order valence-corrected chi connectivity index (χ0v) is 9.75. The molecule has 0 bridgehead atoms. The lowest BCUT2D eigenvalue weighted by molar-refractivity contribution is -0.152. The van der Waals surface area contributed by atoms with Crippen LogP contribution in [0.2, 0.25) is 0 Å². The molecule has 3 N–H and O–H groups in total. The monoisotopic (exact) mass is 228 g/mol. The average molecular weight is 228 g/mol. The van der Waals surface area contributed by atoms with Gasteiger partial charge in [0.15, 0.2) is 0 Å². The number of carbonyl (C=O) groups excluding carboxylic acids is 2. The minimum Gasteiger partial charge on any atom is -0.481 e. The first-order chi connectivity index (χ1) is 7.09. The highest BCUT2D eigenvalue weighted by Gasteiger charge is 2.55. The Hall–Kier alpha value is -1.59. The minimum atomic E-state index is -1.40. The lowest BCUT2D eigenvalue weighted by Crippen LogP contribution is -2.57. The summed E-state index contributed by atoms with van der Waals surface area (Å²) in [5, 5.41) is 13.7. The summed E-state index contributed by atoms with van der Waals surface area (Å²) in [5.41, 5.74) is -2.04. The Morgan fingerprint density at radius 3 is 2.12 bits per heavy atom. The lowest BCUT2D eigenvalue weighted by Gasteiger charge is -2.37. The number of nitrogens with one attached hydrogen (secondary N) is 2. The highest BCUT2D eigenvalue weighted by Crippen LogP contribution is 2.36. The van der Waals surface area contributed by atoms with Crippen molar-refractivity contribution in [1.82, 2.24) is 10.6 Å². The fraction of sp³-hybridized carbons (Fsp3) is 0.700. The van der Waals surface area contributed by atoms with Gasteiger partial charge in [0, 0.05) is 0 Å². The first-order valence-electron chi connectivity index (χ1n) is 4.95. The summed E-state index contributed by atoms with van der Waals surface area (Å²) in [7, 11) is 0. The van der Waals surface area contributed by atoms with E-state index < -0.39 is 34.8 Å². The maximum absolute atomic E-state index is 11.6. The van der Waals surface area contributed by atoms with E-state index in [2.05, 4.69) is 10.6 Å². The fourth-order valence-corrected chi connectivity index (χ4v) is 2.24. The third kappa shape index (κ3) is 1.87. The summed E-state index contributed by atoms with van der Waals surface area (Å²) < 4.78 is 0. The van der Waals surface area contributed by atoms with E-state index in [1.54, 1.807) is 20.8 Å². The number of rotatable bonds is 2. The molecule has 0 aliphatic carbocycles. The van der Waals surface area contributed by atoms with Crippen LogP contribution in [0.3, 0.4) is 0 Å². The van der Waals surface area contributed by atoms with Crippen LogP contribution < -0.4 is 10.6 Å². The topological polar surface area (TPSA) is 95.5 Å². The number of amides is 3. The number of urea groups is 1. The first-order valence-corrected chi connectivity index (χ1v) is 4.95. The lowest BCUT2D eigenvalue weighted by atomic mass is 9.69. The normalized spacial score (nSPS) is 27.2. The van der Waals surface area contributed by atoms with Crippen molar-refractivity contribution in [1.29, 1.82) is 0 Å². The molecule has 6 nitrogen and oxygen atoms in total. The van der Waals surface area contributed by atoms with Crippen molar-refractivity contribution in [2.75, 3.05) is 0 Å². The number of carboxylic acid groups (broad SMARTS) is 1. The van der Waals surface area contributed by atoms with Gasteiger partial charge in [-0.15, -0.1) is 0 Å². The molecule has 6 heteroatoms. The maximum Gasteiger partial charge on any atom is 0.322 e. The van der Waals surface area contributed by atoms with Crippen LogP contribution in [-0.4, -0.2) is 28.6 Å². The average Bonchev–Trinajstić information content (AvgIpc) is 2.20. The predicted octanol–water partition coefficient (Wildman–Crippen LogP) is 0.331. The summed E-state index contributed by atoms with van der Waals surface area (Å²) in [5.74, 6) is -2.70. The second kappa shape index (κ2) is 3.47. The molecule has 0 saturated carbocycles. The van der Waals surface area contributed by atoms with Crippen LogP contribution >= 0.6 is 0 Å². The third-order valence-electron chi connectivity index (χ3n) is 2.76. The fourth-order valence-electron chi connectivity index (χ4n) is 2.24. The number of carboxylic acids is 1. The molecule has 16 heavy (non-hydrogen) atoms. The second-order valence-electron chi connectivity index (χ2n) is 5.25. The molecule has 2 unspecified atom stereocenters. The Morgan fingerprint density at radius 1 is 1.38 bits per heavy atom. The molecule has 1 heterocycles. The van der Waals surface area contributed by atoms with Crippen molar-refractivity contribution in [2.24, 2.45) is 11.3 Å². The number of hydrogen-bond donors (Lipinski definition) is 3. The molecule has 0 aromatic carbocycles. The van der Waals surface area contributed by atoms with Gasteiger partial charge in [0.25, 0.3) is 5.91 Å². The molecule has 0 aromatic heterocycles. The summed E-state index contributed by atoms with van der Waals surface area (Å²) >= 11 is 0. The Balaban J connectivity index is 3.18. The zero-order valence-electron chi connectivity index (χ0n) is 9.75. The SMILES string of the molecule is CC(C)(C)C(C(=O)O)C1(C)NC(=O)NC1=O. The second-order valence-corrected chi connectivity index (χ2v) is 5.25. The van der Waals surface area contributed by atoms with Gasteiger partial charge in [-0.3, -0.25) is 14.9 Å². The number of carbonyl (C=O) groups is 3. The number of hydrogen-bond acceptors (Lipinski definition) is 3. The van der Waals surface area contributed by atoms with Crippen LogP contribution in [0.1, 0.15) is 27.7 Å². The quantitative estimate of drug-likeness (QED) is 0.593. The Morgan fingerprint density at radius 2 is 1.88 bits per heavy atom. The molecule has 0 radical (unpaired) electrons. The summed E-state index contributed by atoms with van der Waals surface area (Å²) in [6.45, 7) is 6.58. The van der Waals surface area contributed by atoms with Gasteiger partial charge in [0.05, 0.1) is 5.92 Å². The van der Waals surface area contributed by atoms with E-state index in [9.17, 15) is 19.5 Å². The molecule has 0 aromatic rings. The summed E-state index contributed by atoms with van der Waals surface area (Å²) in [6, 6.07) is -0.650. The zero-order chi connectivity index (χ0) is 12.7. The first kappa shape index (κ1) is 12.5. The highest BCUT2D eigenvalue weighted by molar-refractivity contribution is 6.08. The highest BCUT2D eigenvalue weighted by atomic mass is 16.4. The molecule has 0 spiro atoms. The van der Waals surface area contributed by atoms with E-state index in [4.69, 9.17) is 0 Å². The van der Waals surface area contributed by atoms with Gasteiger partial charge in [0.1, 0.15) is 5.54 Å². The number of aliphatic carboxylic acids is 1. The van der Waals surface area contributed by atoms with Crippen molar-refractivity contribution < 1.29 is 19.5 Å². The van der Waals surface area contributed by atoms with Crippen molar-refractivity contribution in [2.45, 2.75) is 33.2 Å². The smallest absolute Gasteiger partial charge is 0.322 e. The van der Waals surface area contributed by atoms with E-state index in [1.165, 1.54) is 6.92 Å². The molecule has 1 aliphatic heterocycles. The Labute approximate surface area is 93.4 Å². The van der Waals surface area contributed by atoms with Crippen LogP contribution in [0.4, 0.5) is 4.79 Å². The molecule has 1 rings (SSSR count). The summed E-state index contributed by atoms with van der Waals surface area (Å²) in [6.07, 6.45) is 0. The van der Waals surface area contributed by atoms with Crippen molar-refractivity contribution in [3.8, 4) is 0 Å². The summed E-state index contributed by atoms with van der Waals surface area (Å²) in [4.78, 5) is 34.0. The van der Waals surface area contributed by atoms with Crippen LogP contribution in [0.5, 0.6) is 0 Å². The number of imide groups is 1. The van der Waals surface area contributed by atoms with Gasteiger partial charge in [-0.05, 0) is 12.3 Å². The van der Waals surface area contributed by atoms with E-state index in [0.29, 0.717) is 0 Å². The van der Waals surface area contributed by atoms with Crippen LogP contribution in [-0.2, 0) is 9.59 Å². The van der Waals surface area contributed by atoms with Crippen molar-refractivity contribution in [3.63, 3.8) is 0 Å². The van der Waals surface area contributed by atoms with Crippen molar-refractivity contribution >= 4 is 17.9 Å². The van der Waals surface area contributed by atoms with Crippen LogP contribution in [0.15, 0.2) is 0 Å². The van der Waals surface area contributed by atoms with Crippen LogP contribution in [0, 0.1) is 11.3 Å². The van der Waals surface area contributed by atoms with Crippen molar-refractivity contribution in [3.05, 3.63) is 0 Å². The van der Waals surface area contributed by atoms with E-state index in [-0.39, 0.29) is 0 Å². The maximum atomic E-state index is 11.6. The van der Waals surface area contributed by atoms with Gasteiger partial charge in [0.2, 0.25) is 0 Å².